The summed E-state index contributed by atoms with van der Waals surface area (Å²) in [5.41, 5.74) is 2.44. The van der Waals surface area contributed by atoms with Gasteiger partial charge >= 0.3 is 0 Å². The number of benzene rings is 2. The molecule has 0 radical (unpaired) electrons. The van der Waals surface area contributed by atoms with Crippen molar-refractivity contribution in [2.45, 2.75) is 0 Å². The van der Waals surface area contributed by atoms with E-state index in [4.69, 9.17) is 0 Å². The van der Waals surface area contributed by atoms with E-state index in [2.05, 4.69) is 20.6 Å². The molecule has 0 aliphatic heterocycles. The molecule has 0 amide bonds. The third-order valence-corrected chi connectivity index (χ3v) is 3.28. The van der Waals surface area contributed by atoms with Gasteiger partial charge in [-0.05, 0) is 35.4 Å². The fourth-order valence-electron chi connectivity index (χ4n) is 2.15. The number of aromatic nitrogens is 2. The van der Waals surface area contributed by atoms with Crippen molar-refractivity contribution in [1.29, 1.82) is 0 Å². The minimum absolute atomic E-state index is 0.124. The molecule has 116 valence electrons. The van der Waals surface area contributed by atoms with Crippen molar-refractivity contribution in [2.75, 3.05) is 17.7 Å². The largest absolute Gasteiger partial charge is 0.371 e. The number of nitrogens with zero attached hydrogens (tertiary/aromatic N) is 2. The van der Waals surface area contributed by atoms with Gasteiger partial charge in [0.1, 0.15) is 5.82 Å². The van der Waals surface area contributed by atoms with Crippen molar-refractivity contribution < 1.29 is 8.78 Å². The van der Waals surface area contributed by atoms with E-state index in [1.807, 2.05) is 30.3 Å². The van der Waals surface area contributed by atoms with Crippen LogP contribution in [0.5, 0.6) is 0 Å². The van der Waals surface area contributed by atoms with Gasteiger partial charge in [-0.1, -0.05) is 24.3 Å². The second-order valence-electron chi connectivity index (χ2n) is 4.85. The molecule has 6 heteroatoms. The maximum Gasteiger partial charge on any atom is 0.229 e. The Hall–Kier alpha value is -3.02. The molecule has 3 rings (SSSR count). The van der Waals surface area contributed by atoms with Gasteiger partial charge in [-0.2, -0.15) is 4.98 Å². The Morgan fingerprint density at radius 2 is 1.74 bits per heavy atom. The molecule has 0 aliphatic rings. The Kier molecular flexibility index (Phi) is 4.14. The molecule has 0 bridgehead atoms. The van der Waals surface area contributed by atoms with E-state index >= 15 is 0 Å². The summed E-state index contributed by atoms with van der Waals surface area (Å²) < 4.78 is 26.6. The van der Waals surface area contributed by atoms with Gasteiger partial charge in [-0.3, -0.25) is 0 Å². The molecule has 2 aromatic carbocycles. The molecule has 4 nitrogen and oxygen atoms in total. The van der Waals surface area contributed by atoms with Gasteiger partial charge in [-0.25, -0.2) is 13.8 Å². The average Bonchev–Trinajstić information content (AvgIpc) is 2.57. The lowest BCUT2D eigenvalue weighted by atomic mass is 10.1. The zero-order valence-corrected chi connectivity index (χ0v) is 12.3. The summed E-state index contributed by atoms with van der Waals surface area (Å²) in [5.74, 6) is -0.378. The average molecular weight is 312 g/mol. The van der Waals surface area contributed by atoms with Gasteiger partial charge in [0.05, 0.1) is 6.20 Å². The minimum Gasteiger partial charge on any atom is -0.371 e. The molecule has 0 saturated carbocycles. The van der Waals surface area contributed by atoms with Crippen LogP contribution in [0.3, 0.4) is 0 Å². The summed E-state index contributed by atoms with van der Waals surface area (Å²) in [6.45, 7) is 0. The van der Waals surface area contributed by atoms with Gasteiger partial charge in [0.15, 0.2) is 11.6 Å². The number of hydrogen-bond donors (Lipinski definition) is 2. The Balaban J connectivity index is 1.80. The summed E-state index contributed by atoms with van der Waals surface area (Å²) in [7, 11) is 1.59. The molecule has 0 spiro atoms. The molecule has 2 N–H and O–H groups in total. The van der Waals surface area contributed by atoms with E-state index in [1.165, 1.54) is 12.1 Å². The number of nitrogens with one attached hydrogen (secondary N) is 2. The highest BCUT2D eigenvalue weighted by Gasteiger charge is 2.06. The second kappa shape index (κ2) is 6.39. The van der Waals surface area contributed by atoms with E-state index in [0.717, 1.165) is 23.0 Å². The van der Waals surface area contributed by atoms with Gasteiger partial charge in [0, 0.05) is 12.7 Å². The molecule has 3 aromatic rings. The lowest BCUT2D eigenvalue weighted by Crippen LogP contribution is -2.02. The smallest absolute Gasteiger partial charge is 0.229 e. The SMILES string of the molecule is CNc1nc(Nc2ccc(-c3cccc(F)c3)cc2)ncc1F. The molecular weight excluding hydrogens is 298 g/mol. The molecular formula is C17H14F2N4. The number of halogens is 2. The van der Waals surface area contributed by atoms with Gasteiger partial charge < -0.3 is 10.6 Å². The van der Waals surface area contributed by atoms with Crippen molar-refractivity contribution in [1.82, 2.24) is 9.97 Å². The number of hydrogen-bond acceptors (Lipinski definition) is 4. The van der Waals surface area contributed by atoms with E-state index in [-0.39, 0.29) is 17.6 Å². The molecule has 0 aliphatic carbocycles. The fourth-order valence-corrected chi connectivity index (χ4v) is 2.15. The van der Waals surface area contributed by atoms with Crippen molar-refractivity contribution in [3.05, 3.63) is 66.4 Å². The maximum absolute atomic E-state index is 13.3. The first-order valence-corrected chi connectivity index (χ1v) is 6.99. The molecule has 0 saturated heterocycles. The van der Waals surface area contributed by atoms with Crippen LogP contribution in [0.4, 0.5) is 26.2 Å². The Morgan fingerprint density at radius 1 is 0.957 bits per heavy atom. The molecule has 23 heavy (non-hydrogen) atoms. The van der Waals surface area contributed by atoms with E-state index in [9.17, 15) is 8.78 Å². The highest BCUT2D eigenvalue weighted by Crippen LogP contribution is 2.23. The highest BCUT2D eigenvalue weighted by atomic mass is 19.1. The van der Waals surface area contributed by atoms with Crippen LogP contribution < -0.4 is 10.6 Å². The quantitative estimate of drug-likeness (QED) is 0.758. The molecule has 0 unspecified atom stereocenters. The highest BCUT2D eigenvalue weighted by molar-refractivity contribution is 5.67. The monoisotopic (exact) mass is 312 g/mol. The number of rotatable bonds is 4. The summed E-state index contributed by atoms with van der Waals surface area (Å²) in [5, 5.41) is 5.65. The van der Waals surface area contributed by atoms with E-state index in [0.29, 0.717) is 0 Å². The summed E-state index contributed by atoms with van der Waals surface area (Å²) in [6.07, 6.45) is 1.10. The normalized spacial score (nSPS) is 10.4. The zero-order chi connectivity index (χ0) is 16.2. The lowest BCUT2D eigenvalue weighted by molar-refractivity contribution is 0.619. The fraction of sp³-hybridized carbons (Fsp3) is 0.0588. The Bertz CT molecular complexity index is 819. The second-order valence-corrected chi connectivity index (χ2v) is 4.85. The van der Waals surface area contributed by atoms with E-state index < -0.39 is 5.82 Å². The molecule has 0 atom stereocenters. The van der Waals surface area contributed by atoms with Crippen molar-refractivity contribution in [2.24, 2.45) is 0 Å². The van der Waals surface area contributed by atoms with Crippen LogP contribution in [-0.4, -0.2) is 17.0 Å². The molecule has 1 heterocycles. The predicted molar refractivity (Wildman–Crippen MR) is 86.7 cm³/mol. The first-order valence-electron chi connectivity index (χ1n) is 6.99. The zero-order valence-electron chi connectivity index (χ0n) is 12.3. The first kappa shape index (κ1) is 14.9. The van der Waals surface area contributed by atoms with Crippen molar-refractivity contribution >= 4 is 17.5 Å². The van der Waals surface area contributed by atoms with Crippen LogP contribution in [0.25, 0.3) is 11.1 Å². The standard InChI is InChI=1S/C17H14F2N4/c1-20-16-15(19)10-21-17(23-16)22-14-7-5-11(6-8-14)12-3-2-4-13(18)9-12/h2-10H,1H3,(H2,20,21,22,23). The van der Waals surface area contributed by atoms with E-state index in [1.54, 1.807) is 13.1 Å². The van der Waals surface area contributed by atoms with Crippen molar-refractivity contribution in [3.8, 4) is 11.1 Å². The maximum atomic E-state index is 13.3. The van der Waals surface area contributed by atoms with Crippen LogP contribution in [0.1, 0.15) is 0 Å². The molecule has 0 fully saturated rings. The topological polar surface area (TPSA) is 49.8 Å². The third kappa shape index (κ3) is 3.42. The third-order valence-electron chi connectivity index (χ3n) is 3.28. The number of anilines is 3. The Labute approximate surface area is 132 Å². The van der Waals surface area contributed by atoms with Gasteiger partial charge in [0.2, 0.25) is 5.95 Å². The summed E-state index contributed by atoms with van der Waals surface area (Å²) in [4.78, 5) is 7.91. The first-order chi connectivity index (χ1) is 11.2. The molecule has 1 aromatic heterocycles. The lowest BCUT2D eigenvalue weighted by Gasteiger charge is -2.08. The predicted octanol–water partition coefficient (Wildman–Crippen LogP) is 4.21. The van der Waals surface area contributed by atoms with Crippen LogP contribution >= 0.6 is 0 Å². The van der Waals surface area contributed by atoms with Crippen LogP contribution in [0.2, 0.25) is 0 Å². The van der Waals surface area contributed by atoms with Crippen LogP contribution in [-0.2, 0) is 0 Å². The van der Waals surface area contributed by atoms with Crippen molar-refractivity contribution in [3.63, 3.8) is 0 Å². The van der Waals surface area contributed by atoms with Gasteiger partial charge in [-0.15, -0.1) is 0 Å². The van der Waals surface area contributed by atoms with Crippen LogP contribution in [0.15, 0.2) is 54.7 Å². The minimum atomic E-state index is -0.514. The van der Waals surface area contributed by atoms with Crippen LogP contribution in [0, 0.1) is 11.6 Å². The summed E-state index contributed by atoms with van der Waals surface area (Å²) >= 11 is 0. The van der Waals surface area contributed by atoms with Gasteiger partial charge in [0.25, 0.3) is 0 Å². The summed E-state index contributed by atoms with van der Waals surface area (Å²) in [6, 6.07) is 13.8. The Morgan fingerprint density at radius 3 is 2.43 bits per heavy atom.